The van der Waals surface area contributed by atoms with E-state index in [2.05, 4.69) is 18.3 Å². The molecule has 2 rings (SSSR count). The number of para-hydroxylation sites is 2. The Morgan fingerprint density at radius 3 is 3.15 bits per heavy atom. The van der Waals surface area contributed by atoms with E-state index in [1.807, 2.05) is 24.3 Å². The molecule has 68 valence electrons. The Morgan fingerprint density at radius 1 is 1.46 bits per heavy atom. The van der Waals surface area contributed by atoms with Crippen molar-refractivity contribution in [3.63, 3.8) is 0 Å². The lowest BCUT2D eigenvalue weighted by atomic mass is 10.2. The first-order valence-electron chi connectivity index (χ1n) is 4.58. The van der Waals surface area contributed by atoms with Crippen LogP contribution in [0.4, 0.5) is 5.69 Å². The van der Waals surface area contributed by atoms with Gasteiger partial charge in [0.2, 0.25) is 0 Å². The minimum Gasteiger partial charge on any atom is -0.485 e. The van der Waals surface area contributed by atoms with Crippen LogP contribution in [-0.2, 0) is 0 Å². The van der Waals surface area contributed by atoms with Crippen molar-refractivity contribution < 1.29 is 4.74 Å². The van der Waals surface area contributed by atoms with Gasteiger partial charge in [-0.2, -0.15) is 0 Å². The molecule has 2 heteroatoms. The molecule has 0 bridgehead atoms. The molecule has 0 saturated heterocycles. The SMILES string of the molecule is CC/C=C1/COc2ccccc2N1. The Balaban J connectivity index is 2.24. The zero-order valence-electron chi connectivity index (χ0n) is 7.71. The highest BCUT2D eigenvalue weighted by molar-refractivity contribution is 5.61. The summed E-state index contributed by atoms with van der Waals surface area (Å²) in [5.41, 5.74) is 2.22. The summed E-state index contributed by atoms with van der Waals surface area (Å²) in [7, 11) is 0. The number of rotatable bonds is 1. The van der Waals surface area contributed by atoms with E-state index in [9.17, 15) is 0 Å². The highest BCUT2D eigenvalue weighted by Gasteiger charge is 2.10. The van der Waals surface area contributed by atoms with Crippen molar-refractivity contribution in [3.05, 3.63) is 36.0 Å². The molecule has 1 N–H and O–H groups in total. The number of nitrogens with one attached hydrogen (secondary N) is 1. The second kappa shape index (κ2) is 3.52. The standard InChI is InChI=1S/C11H13NO/c1-2-5-9-8-13-11-7-4-3-6-10(11)12-9/h3-7,12H,2,8H2,1H3/b9-5-. The minimum absolute atomic E-state index is 0.658. The summed E-state index contributed by atoms with van der Waals surface area (Å²) in [6.07, 6.45) is 3.18. The smallest absolute Gasteiger partial charge is 0.143 e. The van der Waals surface area contributed by atoms with Crippen LogP contribution in [0.1, 0.15) is 13.3 Å². The van der Waals surface area contributed by atoms with Gasteiger partial charge in [0.25, 0.3) is 0 Å². The van der Waals surface area contributed by atoms with Crippen LogP contribution in [0.25, 0.3) is 0 Å². The Kier molecular flexibility index (Phi) is 2.21. The lowest BCUT2D eigenvalue weighted by Gasteiger charge is -2.21. The molecule has 1 aromatic rings. The van der Waals surface area contributed by atoms with Gasteiger partial charge in [0, 0.05) is 5.70 Å². The average Bonchev–Trinajstić information content (AvgIpc) is 2.18. The van der Waals surface area contributed by atoms with E-state index in [0.717, 1.165) is 23.6 Å². The van der Waals surface area contributed by atoms with E-state index >= 15 is 0 Å². The average molecular weight is 175 g/mol. The van der Waals surface area contributed by atoms with Gasteiger partial charge in [0.1, 0.15) is 12.4 Å². The van der Waals surface area contributed by atoms with E-state index in [4.69, 9.17) is 4.74 Å². The molecule has 1 aliphatic heterocycles. The third-order valence-corrected chi connectivity index (χ3v) is 2.02. The monoisotopic (exact) mass is 175 g/mol. The van der Waals surface area contributed by atoms with Crippen molar-refractivity contribution in [2.45, 2.75) is 13.3 Å². The molecule has 1 aliphatic rings. The molecular formula is C11H13NO. The lowest BCUT2D eigenvalue weighted by molar-refractivity contribution is 0.345. The molecule has 0 amide bonds. The first kappa shape index (κ1) is 8.17. The summed E-state index contributed by atoms with van der Waals surface area (Å²) < 4.78 is 5.56. The summed E-state index contributed by atoms with van der Waals surface area (Å²) >= 11 is 0. The van der Waals surface area contributed by atoms with Gasteiger partial charge < -0.3 is 10.1 Å². The summed E-state index contributed by atoms with van der Waals surface area (Å²) in [4.78, 5) is 0. The highest BCUT2D eigenvalue weighted by Crippen LogP contribution is 2.28. The van der Waals surface area contributed by atoms with Gasteiger partial charge >= 0.3 is 0 Å². The molecule has 0 saturated carbocycles. The Labute approximate surface area is 78.2 Å². The van der Waals surface area contributed by atoms with Gasteiger partial charge in [-0.3, -0.25) is 0 Å². The van der Waals surface area contributed by atoms with Crippen molar-refractivity contribution >= 4 is 5.69 Å². The fraction of sp³-hybridized carbons (Fsp3) is 0.273. The molecule has 1 aromatic carbocycles. The van der Waals surface area contributed by atoms with Gasteiger partial charge in [-0.05, 0) is 18.6 Å². The van der Waals surface area contributed by atoms with Gasteiger partial charge in [-0.25, -0.2) is 0 Å². The summed E-state index contributed by atoms with van der Waals surface area (Å²) in [6.45, 7) is 2.78. The summed E-state index contributed by atoms with van der Waals surface area (Å²) in [6, 6.07) is 7.99. The third kappa shape index (κ3) is 1.66. The second-order valence-corrected chi connectivity index (χ2v) is 3.05. The lowest BCUT2D eigenvalue weighted by Crippen LogP contribution is -2.15. The fourth-order valence-electron chi connectivity index (χ4n) is 1.42. The maximum Gasteiger partial charge on any atom is 0.143 e. The fourth-order valence-corrected chi connectivity index (χ4v) is 1.42. The number of benzene rings is 1. The van der Waals surface area contributed by atoms with E-state index in [1.165, 1.54) is 0 Å². The largest absolute Gasteiger partial charge is 0.485 e. The van der Waals surface area contributed by atoms with Gasteiger partial charge in [-0.1, -0.05) is 25.1 Å². The van der Waals surface area contributed by atoms with E-state index < -0.39 is 0 Å². The summed E-state index contributed by atoms with van der Waals surface area (Å²) in [5.74, 6) is 0.941. The van der Waals surface area contributed by atoms with Crippen LogP contribution in [0.5, 0.6) is 5.75 Å². The zero-order valence-corrected chi connectivity index (χ0v) is 7.71. The molecule has 0 aromatic heterocycles. The zero-order chi connectivity index (χ0) is 9.10. The van der Waals surface area contributed by atoms with Crippen LogP contribution in [0.15, 0.2) is 36.0 Å². The molecule has 2 nitrogen and oxygen atoms in total. The van der Waals surface area contributed by atoms with Crippen LogP contribution >= 0.6 is 0 Å². The van der Waals surface area contributed by atoms with Crippen molar-refractivity contribution in [1.82, 2.24) is 0 Å². The van der Waals surface area contributed by atoms with Gasteiger partial charge in [-0.15, -0.1) is 0 Å². The molecular weight excluding hydrogens is 162 g/mol. The molecule has 13 heavy (non-hydrogen) atoms. The van der Waals surface area contributed by atoms with Crippen LogP contribution in [0, 0.1) is 0 Å². The van der Waals surface area contributed by atoms with Crippen molar-refractivity contribution in [2.75, 3.05) is 11.9 Å². The normalized spacial score (nSPS) is 17.5. The molecule has 1 heterocycles. The maximum atomic E-state index is 5.56. The Bertz CT molecular complexity index is 331. The number of hydrogen-bond acceptors (Lipinski definition) is 2. The third-order valence-electron chi connectivity index (χ3n) is 2.02. The Hall–Kier alpha value is -1.44. The topological polar surface area (TPSA) is 21.3 Å². The summed E-state index contributed by atoms with van der Waals surface area (Å²) in [5, 5.41) is 3.33. The van der Waals surface area contributed by atoms with E-state index in [1.54, 1.807) is 0 Å². The quantitative estimate of drug-likeness (QED) is 0.708. The van der Waals surface area contributed by atoms with Crippen molar-refractivity contribution in [2.24, 2.45) is 0 Å². The number of fused-ring (bicyclic) bond motifs is 1. The highest BCUT2D eigenvalue weighted by atomic mass is 16.5. The van der Waals surface area contributed by atoms with Gasteiger partial charge in [0.15, 0.2) is 0 Å². The number of hydrogen-bond donors (Lipinski definition) is 1. The molecule has 0 spiro atoms. The molecule has 0 aliphatic carbocycles. The number of anilines is 1. The number of ether oxygens (including phenoxy) is 1. The minimum atomic E-state index is 0.658. The van der Waals surface area contributed by atoms with Crippen LogP contribution in [-0.4, -0.2) is 6.61 Å². The van der Waals surface area contributed by atoms with Crippen LogP contribution < -0.4 is 10.1 Å². The van der Waals surface area contributed by atoms with Gasteiger partial charge in [0.05, 0.1) is 5.69 Å². The van der Waals surface area contributed by atoms with Crippen LogP contribution in [0.2, 0.25) is 0 Å². The second-order valence-electron chi connectivity index (χ2n) is 3.05. The predicted octanol–water partition coefficient (Wildman–Crippen LogP) is 2.78. The predicted molar refractivity (Wildman–Crippen MR) is 53.9 cm³/mol. The van der Waals surface area contributed by atoms with Crippen LogP contribution in [0.3, 0.4) is 0 Å². The van der Waals surface area contributed by atoms with E-state index in [-0.39, 0.29) is 0 Å². The molecule has 0 atom stereocenters. The first-order valence-corrected chi connectivity index (χ1v) is 4.58. The molecule has 0 radical (unpaired) electrons. The van der Waals surface area contributed by atoms with Crippen molar-refractivity contribution in [3.8, 4) is 5.75 Å². The van der Waals surface area contributed by atoms with E-state index in [0.29, 0.717) is 6.61 Å². The maximum absolute atomic E-state index is 5.56. The number of allylic oxidation sites excluding steroid dienone is 1. The first-order chi connectivity index (χ1) is 6.40. The molecule has 0 unspecified atom stereocenters. The molecule has 0 fully saturated rings. The van der Waals surface area contributed by atoms with Crippen molar-refractivity contribution in [1.29, 1.82) is 0 Å². The Morgan fingerprint density at radius 2 is 2.31 bits per heavy atom.